The van der Waals surface area contributed by atoms with Gasteiger partial charge in [-0.3, -0.25) is 4.90 Å². The molecule has 0 unspecified atom stereocenters. The van der Waals surface area contributed by atoms with Gasteiger partial charge in [0.1, 0.15) is 6.26 Å². The molecule has 2 rings (SSSR count). The molecule has 2 heterocycles. The summed E-state index contributed by atoms with van der Waals surface area (Å²) in [6, 6.07) is 0. The van der Waals surface area contributed by atoms with Crippen LogP contribution < -0.4 is 0 Å². The predicted octanol–water partition coefficient (Wildman–Crippen LogP) is 1.75. The molecular formula is C11H16N2O3. The average Bonchev–Trinajstić information content (AvgIpc) is 2.56. The maximum Gasteiger partial charge on any atom is 0.357 e. The number of nitrogens with zero attached hydrogens (tertiary/aromatic N) is 2. The van der Waals surface area contributed by atoms with Gasteiger partial charge in [0.25, 0.3) is 0 Å². The Hall–Kier alpha value is -1.36. The summed E-state index contributed by atoms with van der Waals surface area (Å²) in [5.41, 5.74) is -0.00942. The van der Waals surface area contributed by atoms with Gasteiger partial charge < -0.3 is 9.52 Å². The molecule has 1 N–H and O–H groups in total. The van der Waals surface area contributed by atoms with Gasteiger partial charge >= 0.3 is 5.97 Å². The van der Waals surface area contributed by atoms with Crippen LogP contribution in [0.4, 0.5) is 0 Å². The zero-order valence-electron chi connectivity index (χ0n) is 9.19. The molecule has 0 bridgehead atoms. The third kappa shape index (κ3) is 2.82. The normalized spacial score (nSPS) is 18.2. The summed E-state index contributed by atoms with van der Waals surface area (Å²) in [6.45, 7) is 2.71. The Kier molecular flexibility index (Phi) is 3.56. The number of rotatable bonds is 3. The van der Waals surface area contributed by atoms with Crippen LogP contribution in [-0.2, 0) is 6.54 Å². The van der Waals surface area contributed by atoms with Gasteiger partial charge in [0.15, 0.2) is 5.69 Å². The Labute approximate surface area is 94.1 Å². The molecule has 0 atom stereocenters. The Morgan fingerprint density at radius 1 is 1.38 bits per heavy atom. The van der Waals surface area contributed by atoms with Crippen molar-refractivity contribution < 1.29 is 14.3 Å². The highest BCUT2D eigenvalue weighted by Crippen LogP contribution is 2.13. The Balaban J connectivity index is 1.94. The number of carboxylic acid groups (broad SMARTS) is 1. The van der Waals surface area contributed by atoms with Crippen LogP contribution in [0.5, 0.6) is 0 Å². The minimum atomic E-state index is -1.04. The van der Waals surface area contributed by atoms with Gasteiger partial charge in [-0.05, 0) is 25.9 Å². The standard InChI is InChI=1S/C11H16N2O3/c14-11(15)9-8-16-10(12-9)7-13-5-3-1-2-4-6-13/h8H,1-7H2,(H,14,15). The van der Waals surface area contributed by atoms with Gasteiger partial charge in [-0.25, -0.2) is 9.78 Å². The lowest BCUT2D eigenvalue weighted by atomic mass is 10.2. The van der Waals surface area contributed by atoms with Gasteiger partial charge in [-0.15, -0.1) is 0 Å². The first kappa shape index (κ1) is 11.1. The van der Waals surface area contributed by atoms with Crippen LogP contribution in [0.25, 0.3) is 0 Å². The first-order chi connectivity index (χ1) is 7.75. The quantitative estimate of drug-likeness (QED) is 0.847. The van der Waals surface area contributed by atoms with E-state index in [-0.39, 0.29) is 5.69 Å². The van der Waals surface area contributed by atoms with E-state index >= 15 is 0 Å². The molecule has 0 saturated carbocycles. The SMILES string of the molecule is O=C(O)c1coc(CN2CCCCCC2)n1. The number of aromatic carboxylic acids is 1. The number of oxazole rings is 1. The van der Waals surface area contributed by atoms with Crippen molar-refractivity contribution in [3.05, 3.63) is 17.8 Å². The van der Waals surface area contributed by atoms with Crippen molar-refractivity contribution in [3.8, 4) is 0 Å². The Morgan fingerprint density at radius 3 is 2.62 bits per heavy atom. The maximum atomic E-state index is 10.6. The van der Waals surface area contributed by atoms with Crippen LogP contribution >= 0.6 is 0 Å². The minimum Gasteiger partial charge on any atom is -0.476 e. The van der Waals surface area contributed by atoms with Crippen LogP contribution in [0.2, 0.25) is 0 Å². The van der Waals surface area contributed by atoms with Crippen molar-refractivity contribution in [1.82, 2.24) is 9.88 Å². The van der Waals surface area contributed by atoms with E-state index in [1.165, 1.54) is 31.9 Å². The summed E-state index contributed by atoms with van der Waals surface area (Å²) in [4.78, 5) is 16.8. The zero-order valence-corrected chi connectivity index (χ0v) is 9.19. The van der Waals surface area contributed by atoms with Gasteiger partial charge in [-0.2, -0.15) is 0 Å². The minimum absolute atomic E-state index is 0.00942. The number of likely N-dealkylation sites (tertiary alicyclic amines) is 1. The number of carboxylic acids is 1. The van der Waals surface area contributed by atoms with Crippen LogP contribution in [0.3, 0.4) is 0 Å². The average molecular weight is 224 g/mol. The van der Waals surface area contributed by atoms with Crippen molar-refractivity contribution in [2.75, 3.05) is 13.1 Å². The highest BCUT2D eigenvalue weighted by Gasteiger charge is 2.14. The molecule has 1 aliphatic heterocycles. The number of hydrogen-bond donors (Lipinski definition) is 1. The summed E-state index contributed by atoms with van der Waals surface area (Å²) in [7, 11) is 0. The van der Waals surface area contributed by atoms with Crippen molar-refractivity contribution in [3.63, 3.8) is 0 Å². The van der Waals surface area contributed by atoms with Gasteiger partial charge in [-0.1, -0.05) is 12.8 Å². The lowest BCUT2D eigenvalue weighted by Crippen LogP contribution is -2.24. The summed E-state index contributed by atoms with van der Waals surface area (Å²) in [6.07, 6.45) is 6.17. The second-order valence-electron chi connectivity index (χ2n) is 4.12. The molecule has 5 heteroatoms. The van der Waals surface area contributed by atoms with Crippen molar-refractivity contribution >= 4 is 5.97 Å². The van der Waals surface area contributed by atoms with E-state index in [9.17, 15) is 4.79 Å². The number of hydrogen-bond acceptors (Lipinski definition) is 4. The maximum absolute atomic E-state index is 10.6. The largest absolute Gasteiger partial charge is 0.476 e. The first-order valence-corrected chi connectivity index (χ1v) is 5.66. The summed E-state index contributed by atoms with van der Waals surface area (Å²) in [5.74, 6) is -0.537. The summed E-state index contributed by atoms with van der Waals surface area (Å²) < 4.78 is 5.14. The van der Waals surface area contributed by atoms with Gasteiger partial charge in [0.05, 0.1) is 6.54 Å². The fourth-order valence-electron chi connectivity index (χ4n) is 1.97. The smallest absolute Gasteiger partial charge is 0.357 e. The second-order valence-corrected chi connectivity index (χ2v) is 4.12. The highest BCUT2D eigenvalue weighted by atomic mass is 16.4. The summed E-state index contributed by atoms with van der Waals surface area (Å²) >= 11 is 0. The monoisotopic (exact) mass is 224 g/mol. The van der Waals surface area contributed by atoms with Crippen molar-refractivity contribution in [2.45, 2.75) is 32.2 Å². The summed E-state index contributed by atoms with van der Waals surface area (Å²) in [5, 5.41) is 8.71. The highest BCUT2D eigenvalue weighted by molar-refractivity contribution is 5.84. The molecule has 88 valence electrons. The van der Waals surface area contributed by atoms with E-state index in [1.54, 1.807) is 0 Å². The topological polar surface area (TPSA) is 66.6 Å². The molecule has 16 heavy (non-hydrogen) atoms. The Morgan fingerprint density at radius 2 is 2.06 bits per heavy atom. The molecular weight excluding hydrogens is 208 g/mol. The van der Waals surface area contributed by atoms with Crippen molar-refractivity contribution in [2.24, 2.45) is 0 Å². The molecule has 1 fully saturated rings. The fourth-order valence-corrected chi connectivity index (χ4v) is 1.97. The third-order valence-corrected chi connectivity index (χ3v) is 2.83. The molecule has 5 nitrogen and oxygen atoms in total. The van der Waals surface area contributed by atoms with Crippen LogP contribution in [0.1, 0.15) is 42.1 Å². The molecule has 0 spiro atoms. The predicted molar refractivity (Wildman–Crippen MR) is 57.2 cm³/mol. The first-order valence-electron chi connectivity index (χ1n) is 5.66. The van der Waals surface area contributed by atoms with Gasteiger partial charge in [0, 0.05) is 0 Å². The van der Waals surface area contributed by atoms with E-state index in [2.05, 4.69) is 9.88 Å². The van der Waals surface area contributed by atoms with E-state index in [1.807, 2.05) is 0 Å². The molecule has 1 saturated heterocycles. The van der Waals surface area contributed by atoms with E-state index in [0.717, 1.165) is 13.1 Å². The molecule has 1 aromatic heterocycles. The van der Waals surface area contributed by atoms with Crippen LogP contribution in [0, 0.1) is 0 Å². The van der Waals surface area contributed by atoms with Crippen LogP contribution in [0.15, 0.2) is 10.7 Å². The third-order valence-electron chi connectivity index (χ3n) is 2.83. The fraction of sp³-hybridized carbons (Fsp3) is 0.636. The van der Waals surface area contributed by atoms with E-state index in [4.69, 9.17) is 9.52 Å². The molecule has 0 aromatic carbocycles. The Bertz CT molecular complexity index is 354. The van der Waals surface area contributed by atoms with Gasteiger partial charge in [0.2, 0.25) is 5.89 Å². The number of aromatic nitrogens is 1. The van der Waals surface area contributed by atoms with E-state index < -0.39 is 5.97 Å². The number of carbonyl (C=O) groups is 1. The lowest BCUT2D eigenvalue weighted by molar-refractivity contribution is 0.0690. The zero-order chi connectivity index (χ0) is 11.4. The molecule has 0 amide bonds. The molecule has 0 radical (unpaired) electrons. The second kappa shape index (κ2) is 5.12. The van der Waals surface area contributed by atoms with Crippen LogP contribution in [-0.4, -0.2) is 34.0 Å². The molecule has 1 aromatic rings. The molecule has 0 aliphatic carbocycles. The molecule has 1 aliphatic rings. The lowest BCUT2D eigenvalue weighted by Gasteiger charge is -2.16. The van der Waals surface area contributed by atoms with E-state index in [0.29, 0.717) is 12.4 Å². The van der Waals surface area contributed by atoms with Crippen molar-refractivity contribution in [1.29, 1.82) is 0 Å².